The van der Waals surface area contributed by atoms with Crippen LogP contribution < -0.4 is 0 Å². The normalized spacial score (nSPS) is 30.8. The molecule has 0 aromatic carbocycles. The molecule has 114 valence electrons. The van der Waals surface area contributed by atoms with Crippen molar-refractivity contribution in [1.82, 2.24) is 4.90 Å². The Morgan fingerprint density at radius 2 is 1.85 bits per heavy atom. The lowest BCUT2D eigenvalue weighted by atomic mass is 9.78. The molecule has 2 aliphatic rings. The Balaban J connectivity index is 1.92. The molecule has 0 aromatic heterocycles. The van der Waals surface area contributed by atoms with E-state index in [2.05, 4.69) is 0 Å². The first kappa shape index (κ1) is 15.3. The molecule has 2 fully saturated rings. The standard InChI is InChI=1S/C15H25NO4/c1-16(9-11-5-4-8-20-10-11)14(17)12-6-2-3-7-13(12)15(18)19/h11-13H,2-10H2,1H3,(H,18,19)/t11?,12-,13+/m1/s1. The number of aliphatic carboxylic acids is 1. The van der Waals surface area contributed by atoms with Crippen LogP contribution in [0.2, 0.25) is 0 Å². The minimum Gasteiger partial charge on any atom is -0.481 e. The lowest BCUT2D eigenvalue weighted by Crippen LogP contribution is -2.43. The summed E-state index contributed by atoms with van der Waals surface area (Å²) in [6.45, 7) is 2.21. The number of rotatable bonds is 4. The van der Waals surface area contributed by atoms with Crippen LogP contribution in [-0.2, 0) is 14.3 Å². The van der Waals surface area contributed by atoms with Gasteiger partial charge in [-0.15, -0.1) is 0 Å². The maximum absolute atomic E-state index is 12.5. The summed E-state index contributed by atoms with van der Waals surface area (Å²) in [5, 5.41) is 9.27. The number of hydrogen-bond acceptors (Lipinski definition) is 3. The van der Waals surface area contributed by atoms with Gasteiger partial charge < -0.3 is 14.7 Å². The van der Waals surface area contributed by atoms with Gasteiger partial charge in [-0.05, 0) is 31.6 Å². The molecule has 1 N–H and O–H groups in total. The third-order valence-electron chi connectivity index (χ3n) is 4.56. The van der Waals surface area contributed by atoms with E-state index in [1.807, 2.05) is 0 Å². The second-order valence-electron chi connectivity index (χ2n) is 6.14. The Labute approximate surface area is 120 Å². The summed E-state index contributed by atoms with van der Waals surface area (Å²) in [4.78, 5) is 25.5. The van der Waals surface area contributed by atoms with Gasteiger partial charge >= 0.3 is 5.97 Å². The zero-order valence-electron chi connectivity index (χ0n) is 12.2. The smallest absolute Gasteiger partial charge is 0.307 e. The molecule has 0 radical (unpaired) electrons. The molecule has 0 bridgehead atoms. The molecular weight excluding hydrogens is 258 g/mol. The van der Waals surface area contributed by atoms with Gasteiger partial charge in [-0.1, -0.05) is 12.8 Å². The van der Waals surface area contributed by atoms with Gasteiger partial charge in [0.15, 0.2) is 0 Å². The summed E-state index contributed by atoms with van der Waals surface area (Å²) >= 11 is 0. The van der Waals surface area contributed by atoms with E-state index in [0.717, 1.165) is 32.3 Å². The number of carboxylic acid groups (broad SMARTS) is 1. The van der Waals surface area contributed by atoms with Gasteiger partial charge in [0.2, 0.25) is 5.91 Å². The van der Waals surface area contributed by atoms with Crippen molar-refractivity contribution in [3.05, 3.63) is 0 Å². The SMILES string of the molecule is CN(CC1CCCOC1)C(=O)[C@@H]1CCCC[C@@H]1C(=O)O. The summed E-state index contributed by atoms with van der Waals surface area (Å²) in [6.07, 6.45) is 5.35. The van der Waals surface area contributed by atoms with Crippen molar-refractivity contribution >= 4 is 11.9 Å². The number of carboxylic acids is 1. The molecule has 0 spiro atoms. The first-order chi connectivity index (χ1) is 9.59. The van der Waals surface area contributed by atoms with Crippen molar-refractivity contribution in [2.45, 2.75) is 38.5 Å². The molecule has 0 aromatic rings. The molecule has 1 saturated carbocycles. The third kappa shape index (κ3) is 3.72. The van der Waals surface area contributed by atoms with Crippen LogP contribution in [0.1, 0.15) is 38.5 Å². The van der Waals surface area contributed by atoms with Crippen LogP contribution in [0.15, 0.2) is 0 Å². The molecule has 1 amide bonds. The van der Waals surface area contributed by atoms with Gasteiger partial charge in [-0.3, -0.25) is 9.59 Å². The topological polar surface area (TPSA) is 66.8 Å². The summed E-state index contributed by atoms with van der Waals surface area (Å²) in [5.74, 6) is -1.26. The minimum atomic E-state index is -0.822. The van der Waals surface area contributed by atoms with E-state index in [-0.39, 0.29) is 11.8 Å². The predicted molar refractivity (Wildman–Crippen MR) is 74.3 cm³/mol. The Hall–Kier alpha value is -1.10. The lowest BCUT2D eigenvalue weighted by Gasteiger charge is -2.33. The van der Waals surface area contributed by atoms with Gasteiger partial charge in [0.1, 0.15) is 0 Å². The van der Waals surface area contributed by atoms with Gasteiger partial charge in [-0.2, -0.15) is 0 Å². The monoisotopic (exact) mass is 283 g/mol. The molecule has 3 atom stereocenters. The Kier molecular flexibility index (Phi) is 5.40. The predicted octanol–water partition coefficient (Wildman–Crippen LogP) is 1.76. The Morgan fingerprint density at radius 1 is 1.15 bits per heavy atom. The molecular formula is C15H25NO4. The molecule has 5 heteroatoms. The quantitative estimate of drug-likeness (QED) is 0.853. The van der Waals surface area contributed by atoms with Crippen LogP contribution in [0.4, 0.5) is 0 Å². The van der Waals surface area contributed by atoms with Crippen LogP contribution in [0, 0.1) is 17.8 Å². The first-order valence-electron chi connectivity index (χ1n) is 7.65. The van der Waals surface area contributed by atoms with Crippen LogP contribution in [-0.4, -0.2) is 48.7 Å². The maximum atomic E-state index is 12.5. The molecule has 20 heavy (non-hydrogen) atoms. The average molecular weight is 283 g/mol. The summed E-state index contributed by atoms with van der Waals surface area (Å²) < 4.78 is 5.44. The molecule has 1 aliphatic carbocycles. The summed E-state index contributed by atoms with van der Waals surface area (Å²) in [5.41, 5.74) is 0. The van der Waals surface area contributed by atoms with Crippen molar-refractivity contribution in [2.75, 3.05) is 26.8 Å². The summed E-state index contributed by atoms with van der Waals surface area (Å²) in [7, 11) is 1.80. The number of carbonyl (C=O) groups excluding carboxylic acids is 1. The minimum absolute atomic E-state index is 0.00248. The number of nitrogens with zero attached hydrogens (tertiary/aromatic N) is 1. The number of hydrogen-bond donors (Lipinski definition) is 1. The molecule has 1 saturated heterocycles. The maximum Gasteiger partial charge on any atom is 0.307 e. The highest BCUT2D eigenvalue weighted by atomic mass is 16.5. The van der Waals surface area contributed by atoms with Gasteiger partial charge in [-0.25, -0.2) is 0 Å². The fraction of sp³-hybridized carbons (Fsp3) is 0.867. The highest BCUT2D eigenvalue weighted by Crippen LogP contribution is 2.31. The fourth-order valence-corrected chi connectivity index (χ4v) is 3.43. The molecule has 1 aliphatic heterocycles. The van der Waals surface area contributed by atoms with Crippen molar-refractivity contribution in [3.63, 3.8) is 0 Å². The fourth-order valence-electron chi connectivity index (χ4n) is 3.43. The number of amides is 1. The first-order valence-corrected chi connectivity index (χ1v) is 7.65. The van der Waals surface area contributed by atoms with E-state index in [1.165, 1.54) is 0 Å². The average Bonchev–Trinajstić information content (AvgIpc) is 2.47. The highest BCUT2D eigenvalue weighted by molar-refractivity contribution is 5.84. The molecule has 5 nitrogen and oxygen atoms in total. The zero-order chi connectivity index (χ0) is 14.5. The molecule has 2 rings (SSSR count). The van der Waals surface area contributed by atoms with E-state index < -0.39 is 11.9 Å². The highest BCUT2D eigenvalue weighted by Gasteiger charge is 2.37. The van der Waals surface area contributed by atoms with Crippen LogP contribution in [0.3, 0.4) is 0 Å². The van der Waals surface area contributed by atoms with Gasteiger partial charge in [0.25, 0.3) is 0 Å². The summed E-state index contributed by atoms with van der Waals surface area (Å²) in [6, 6.07) is 0. The van der Waals surface area contributed by atoms with Crippen LogP contribution in [0.5, 0.6) is 0 Å². The molecule has 1 unspecified atom stereocenters. The van der Waals surface area contributed by atoms with Crippen molar-refractivity contribution in [1.29, 1.82) is 0 Å². The van der Waals surface area contributed by atoms with Gasteiger partial charge in [0.05, 0.1) is 18.4 Å². The van der Waals surface area contributed by atoms with E-state index in [0.29, 0.717) is 31.9 Å². The lowest BCUT2D eigenvalue weighted by molar-refractivity contribution is -0.152. The Morgan fingerprint density at radius 3 is 2.45 bits per heavy atom. The van der Waals surface area contributed by atoms with E-state index in [1.54, 1.807) is 11.9 Å². The number of carbonyl (C=O) groups is 2. The van der Waals surface area contributed by atoms with Crippen molar-refractivity contribution in [3.8, 4) is 0 Å². The van der Waals surface area contributed by atoms with E-state index >= 15 is 0 Å². The van der Waals surface area contributed by atoms with E-state index in [9.17, 15) is 14.7 Å². The Bertz CT molecular complexity index is 352. The van der Waals surface area contributed by atoms with E-state index in [4.69, 9.17) is 4.74 Å². The van der Waals surface area contributed by atoms with Gasteiger partial charge in [0, 0.05) is 20.2 Å². The molecule has 1 heterocycles. The largest absolute Gasteiger partial charge is 0.481 e. The van der Waals surface area contributed by atoms with Crippen molar-refractivity contribution in [2.24, 2.45) is 17.8 Å². The van der Waals surface area contributed by atoms with Crippen LogP contribution in [0.25, 0.3) is 0 Å². The number of ether oxygens (including phenoxy) is 1. The second kappa shape index (κ2) is 7.07. The second-order valence-corrected chi connectivity index (χ2v) is 6.14. The third-order valence-corrected chi connectivity index (χ3v) is 4.56. The van der Waals surface area contributed by atoms with Crippen molar-refractivity contribution < 1.29 is 19.4 Å². The zero-order valence-corrected chi connectivity index (χ0v) is 12.2. The van der Waals surface area contributed by atoms with Crippen LogP contribution >= 0.6 is 0 Å².